The Morgan fingerprint density at radius 3 is 2.17 bits per heavy atom. The lowest BCUT2D eigenvalue weighted by molar-refractivity contribution is -0.338. The van der Waals surface area contributed by atoms with E-state index in [1.807, 2.05) is 20.8 Å². The molecule has 5 aliphatic carbocycles. The van der Waals surface area contributed by atoms with Gasteiger partial charge in [-0.05, 0) is 73.0 Å². The zero-order valence-electron chi connectivity index (χ0n) is 27.6. The quantitative estimate of drug-likeness (QED) is 0.127. The Labute approximate surface area is 274 Å². The molecule has 13 heteroatoms. The predicted molar refractivity (Wildman–Crippen MR) is 163 cm³/mol. The van der Waals surface area contributed by atoms with Crippen molar-refractivity contribution in [3.63, 3.8) is 0 Å². The second-order valence-corrected chi connectivity index (χ2v) is 16.7. The lowest BCUT2D eigenvalue weighted by Gasteiger charge is -2.66. The molecule has 6 aliphatic rings. The Morgan fingerprint density at radius 2 is 1.55 bits per heavy atom. The van der Waals surface area contributed by atoms with Gasteiger partial charge < -0.3 is 60.5 Å². The fourth-order valence-electron chi connectivity index (χ4n) is 11.5. The number of aliphatic hydroxyl groups excluding tert-OH is 9. The van der Waals surface area contributed by atoms with Crippen molar-refractivity contribution in [2.45, 2.75) is 127 Å². The third-order valence-corrected chi connectivity index (χ3v) is 14.1. The molecular formula is C34H54O13. The summed E-state index contributed by atoms with van der Waals surface area (Å²) in [5.74, 6) is -2.13. The molecule has 47 heavy (non-hydrogen) atoms. The highest BCUT2D eigenvalue weighted by Gasteiger charge is 2.71. The molecule has 1 aliphatic heterocycles. The molecule has 0 aromatic heterocycles. The van der Waals surface area contributed by atoms with Gasteiger partial charge in [0, 0.05) is 11.3 Å². The van der Waals surface area contributed by atoms with Crippen LogP contribution in [-0.2, 0) is 14.3 Å². The monoisotopic (exact) mass is 670 g/mol. The van der Waals surface area contributed by atoms with Crippen molar-refractivity contribution in [3.05, 3.63) is 11.6 Å². The second-order valence-electron chi connectivity index (χ2n) is 16.7. The second kappa shape index (κ2) is 11.9. The van der Waals surface area contributed by atoms with Crippen molar-refractivity contribution in [2.24, 2.45) is 51.2 Å². The van der Waals surface area contributed by atoms with Crippen molar-refractivity contribution in [1.29, 1.82) is 0 Å². The first kappa shape index (κ1) is 35.6. The Kier molecular flexibility index (Phi) is 9.04. The van der Waals surface area contributed by atoms with Crippen LogP contribution in [0.1, 0.15) is 66.2 Å². The zero-order valence-corrected chi connectivity index (χ0v) is 27.6. The highest BCUT2D eigenvalue weighted by Crippen LogP contribution is 2.69. The molecule has 0 aromatic rings. The van der Waals surface area contributed by atoms with Crippen LogP contribution in [-0.4, -0.2) is 131 Å². The van der Waals surface area contributed by atoms with Crippen molar-refractivity contribution in [1.82, 2.24) is 0 Å². The largest absolute Gasteiger partial charge is 0.481 e. The lowest BCUT2D eigenvalue weighted by atomic mass is 9.39. The Bertz CT molecular complexity index is 1240. The van der Waals surface area contributed by atoms with Crippen molar-refractivity contribution in [3.8, 4) is 0 Å². The molecule has 13 nitrogen and oxygen atoms in total. The average molecular weight is 671 g/mol. The van der Waals surface area contributed by atoms with E-state index in [2.05, 4.69) is 13.0 Å². The molecule has 10 N–H and O–H groups in total. The summed E-state index contributed by atoms with van der Waals surface area (Å²) >= 11 is 0. The van der Waals surface area contributed by atoms with Gasteiger partial charge in [-0.2, -0.15) is 0 Å². The van der Waals surface area contributed by atoms with Crippen molar-refractivity contribution >= 4 is 5.97 Å². The molecule has 4 saturated carbocycles. The summed E-state index contributed by atoms with van der Waals surface area (Å²) in [7, 11) is 0. The number of carboxylic acid groups (broad SMARTS) is 1. The highest BCUT2D eigenvalue weighted by molar-refractivity contribution is 5.79. The van der Waals surface area contributed by atoms with Crippen LogP contribution in [0.25, 0.3) is 0 Å². The van der Waals surface area contributed by atoms with Gasteiger partial charge in [0.1, 0.15) is 29.8 Å². The van der Waals surface area contributed by atoms with Gasteiger partial charge in [-0.1, -0.05) is 39.3 Å². The first-order valence-electron chi connectivity index (χ1n) is 17.1. The summed E-state index contributed by atoms with van der Waals surface area (Å²) in [6, 6.07) is 0. The molecule has 268 valence electrons. The number of carboxylic acids is 1. The van der Waals surface area contributed by atoms with Crippen LogP contribution in [0.3, 0.4) is 0 Å². The Morgan fingerprint density at radius 1 is 0.894 bits per heavy atom. The molecular weight excluding hydrogens is 616 g/mol. The van der Waals surface area contributed by atoms with Gasteiger partial charge >= 0.3 is 5.97 Å². The molecule has 0 spiro atoms. The molecule has 8 unspecified atom stereocenters. The standard InChI is InChI=1S/C34H54O13/c1-31(2)10-19-18-6-5-14-15-9-20(37)28(47-29-25(41)24(40)23(39)21(12-35)46-29)33(4,13-36)17(15)8-7-16(14)32(18,3)11-22(38)34(19,30(44)45)27(43)26(31)42/h6,14-17,19-29,35-43H,5,7-13H2,1-4H3,(H,44,45)/t14?,15?,16?,17?,19?,20-,21?,22+,23+,24?,25?,26-,27-,28-,29-,32-,33+,34+/m0/s1. The number of hydrogen-bond acceptors (Lipinski definition) is 12. The van der Waals surface area contributed by atoms with Gasteiger partial charge in [-0.25, -0.2) is 0 Å². The number of aliphatic carboxylic acids is 1. The van der Waals surface area contributed by atoms with E-state index in [1.54, 1.807) is 0 Å². The van der Waals surface area contributed by atoms with E-state index < -0.39 is 101 Å². The minimum atomic E-state index is -1.93. The summed E-state index contributed by atoms with van der Waals surface area (Å²) in [6.45, 7) is 6.55. The number of carbonyl (C=O) groups is 1. The maximum atomic E-state index is 13.0. The summed E-state index contributed by atoms with van der Waals surface area (Å²) in [5.41, 5.74) is -3.40. The molecule has 1 heterocycles. The van der Waals surface area contributed by atoms with Gasteiger partial charge in [-0.15, -0.1) is 0 Å². The molecule has 0 radical (unpaired) electrons. The summed E-state index contributed by atoms with van der Waals surface area (Å²) < 4.78 is 11.7. The average Bonchev–Trinajstić information content (AvgIpc) is 3.01. The third kappa shape index (κ3) is 4.86. The molecule has 0 bridgehead atoms. The number of ether oxygens (including phenoxy) is 2. The lowest BCUT2D eigenvalue weighted by Crippen LogP contribution is -2.71. The van der Waals surface area contributed by atoms with E-state index in [9.17, 15) is 55.9 Å². The number of hydrogen-bond donors (Lipinski definition) is 10. The van der Waals surface area contributed by atoms with Crippen LogP contribution >= 0.6 is 0 Å². The van der Waals surface area contributed by atoms with Gasteiger partial charge in [0.2, 0.25) is 0 Å². The molecule has 0 amide bonds. The molecule has 18 atom stereocenters. The fraction of sp³-hybridized carbons (Fsp3) is 0.912. The van der Waals surface area contributed by atoms with E-state index in [-0.39, 0.29) is 43.1 Å². The zero-order chi connectivity index (χ0) is 34.6. The summed E-state index contributed by atoms with van der Waals surface area (Å²) in [4.78, 5) is 13.0. The van der Waals surface area contributed by atoms with Crippen molar-refractivity contribution in [2.75, 3.05) is 13.2 Å². The summed E-state index contributed by atoms with van der Waals surface area (Å²) in [6.07, 6.45) is -9.26. The first-order chi connectivity index (χ1) is 21.9. The fourth-order valence-corrected chi connectivity index (χ4v) is 11.5. The topological polar surface area (TPSA) is 238 Å². The van der Waals surface area contributed by atoms with Crippen LogP contribution in [0.2, 0.25) is 0 Å². The predicted octanol–water partition coefficient (Wildman–Crippen LogP) is -0.867. The van der Waals surface area contributed by atoms with Crippen LogP contribution < -0.4 is 0 Å². The number of fused-ring (bicyclic) bond motifs is 7. The normalized spacial score (nSPS) is 55.5. The van der Waals surface area contributed by atoms with E-state index in [1.165, 1.54) is 0 Å². The van der Waals surface area contributed by atoms with Gasteiger partial charge in [0.05, 0.1) is 43.7 Å². The summed E-state index contributed by atoms with van der Waals surface area (Å²) in [5, 5.41) is 108. The molecule has 0 aromatic carbocycles. The maximum absolute atomic E-state index is 13.0. The van der Waals surface area contributed by atoms with E-state index in [0.717, 1.165) is 5.57 Å². The van der Waals surface area contributed by atoms with Gasteiger partial charge in [-0.3, -0.25) is 4.79 Å². The first-order valence-corrected chi connectivity index (χ1v) is 17.1. The minimum Gasteiger partial charge on any atom is -0.481 e. The van der Waals surface area contributed by atoms with E-state index >= 15 is 0 Å². The highest BCUT2D eigenvalue weighted by atomic mass is 16.7. The van der Waals surface area contributed by atoms with Crippen molar-refractivity contribution < 1.29 is 65.3 Å². The van der Waals surface area contributed by atoms with E-state index in [0.29, 0.717) is 25.7 Å². The third-order valence-electron chi connectivity index (χ3n) is 14.1. The van der Waals surface area contributed by atoms with Crippen LogP contribution in [0.4, 0.5) is 0 Å². The number of aliphatic hydroxyl groups is 9. The molecule has 6 rings (SSSR count). The van der Waals surface area contributed by atoms with Crippen LogP contribution in [0.15, 0.2) is 11.6 Å². The molecule has 5 fully saturated rings. The van der Waals surface area contributed by atoms with Crippen LogP contribution in [0.5, 0.6) is 0 Å². The van der Waals surface area contributed by atoms with Crippen LogP contribution in [0, 0.1) is 51.2 Å². The SMILES string of the molecule is CC1(C)CC2C3=CCC4C5C[C@H](O)[C@H](O[C@@H]6OC(CO)[C@@H](O)C(O)C6O)[C@](C)(CO)C5CCC4[C@]3(C)C[C@@H](O)[C@@]2(C(=O)O)[C@@H](O)[C@@H]1O. The maximum Gasteiger partial charge on any atom is 0.315 e. The van der Waals surface area contributed by atoms with E-state index in [4.69, 9.17) is 9.47 Å². The van der Waals surface area contributed by atoms with Gasteiger partial charge in [0.25, 0.3) is 0 Å². The number of allylic oxidation sites excluding steroid dienone is 2. The number of rotatable bonds is 5. The smallest absolute Gasteiger partial charge is 0.315 e. The Balaban J connectivity index is 1.31. The molecule has 1 saturated heterocycles. The van der Waals surface area contributed by atoms with Gasteiger partial charge in [0.15, 0.2) is 6.29 Å². The minimum absolute atomic E-state index is 0.0235. The Hall–Kier alpha value is -1.23.